The Labute approximate surface area is 255 Å². The van der Waals surface area contributed by atoms with E-state index >= 15 is 0 Å². The summed E-state index contributed by atoms with van der Waals surface area (Å²) in [4.78, 5) is 39.1. The van der Waals surface area contributed by atoms with Gasteiger partial charge in [-0.2, -0.15) is 0 Å². The van der Waals surface area contributed by atoms with Gasteiger partial charge in [0.1, 0.15) is 12.7 Å². The zero-order valence-electron chi connectivity index (χ0n) is 24.2. The zero-order valence-corrected chi connectivity index (χ0v) is 25.0. The lowest BCUT2D eigenvalue weighted by molar-refractivity contribution is -0.125. The predicted molar refractivity (Wildman–Crippen MR) is 160 cm³/mol. The number of benzene rings is 1. The predicted octanol–water partition coefficient (Wildman–Crippen LogP) is 3.46. The van der Waals surface area contributed by atoms with Crippen molar-refractivity contribution in [2.75, 3.05) is 53.1 Å². The second-order valence-electron chi connectivity index (χ2n) is 11.0. The highest BCUT2D eigenvalue weighted by Gasteiger charge is 2.36. The number of amides is 2. The number of piperazine rings is 1. The lowest BCUT2D eigenvalue weighted by Gasteiger charge is -2.39. The summed E-state index contributed by atoms with van der Waals surface area (Å²) in [5, 5.41) is 3.74. The monoisotopic (exact) mass is 606 g/mol. The topological polar surface area (TPSA) is 111 Å². The number of hydrogen-bond donors (Lipinski definition) is 1. The lowest BCUT2D eigenvalue weighted by atomic mass is 9.89. The number of imidazole rings is 1. The van der Waals surface area contributed by atoms with E-state index in [1.54, 1.807) is 23.6 Å². The van der Waals surface area contributed by atoms with Gasteiger partial charge in [0, 0.05) is 58.0 Å². The molecular weight excluding hydrogens is 572 g/mol. The van der Waals surface area contributed by atoms with Crippen molar-refractivity contribution in [3.8, 4) is 0 Å². The van der Waals surface area contributed by atoms with Crippen LogP contribution in [0.4, 0.5) is 4.79 Å². The number of nitrogens with one attached hydrogen (secondary N) is 1. The van der Waals surface area contributed by atoms with Crippen LogP contribution in [0.25, 0.3) is 11.6 Å². The maximum Gasteiger partial charge on any atom is 0.410 e. The molecule has 43 heavy (non-hydrogen) atoms. The maximum atomic E-state index is 12.9. The van der Waals surface area contributed by atoms with Crippen LogP contribution in [0.15, 0.2) is 49.1 Å². The Morgan fingerprint density at radius 2 is 2.05 bits per heavy atom. The van der Waals surface area contributed by atoms with Gasteiger partial charge in [0.25, 0.3) is 0 Å². The van der Waals surface area contributed by atoms with Gasteiger partial charge in [0.2, 0.25) is 5.91 Å². The van der Waals surface area contributed by atoms with Crippen LogP contribution in [0.3, 0.4) is 0 Å². The van der Waals surface area contributed by atoms with Crippen LogP contribution in [0.2, 0.25) is 5.02 Å². The van der Waals surface area contributed by atoms with Crippen LogP contribution in [0, 0.1) is 0 Å². The third-order valence-corrected chi connectivity index (χ3v) is 8.43. The Balaban J connectivity index is 1.37. The molecule has 12 heteroatoms. The SMILES string of the molecule is COCC(=O)N[C@H](C1=Cc2cccnc2[C@@H](N2CCN(C(=O)O[C@@H]3CCOC3)CC2)c2ccc(Cl)cc21)c1cncn1C. The Morgan fingerprint density at radius 3 is 2.77 bits per heavy atom. The largest absolute Gasteiger partial charge is 0.444 e. The average Bonchev–Trinajstić information content (AvgIpc) is 3.65. The third-order valence-electron chi connectivity index (χ3n) is 8.20. The van der Waals surface area contributed by atoms with Crippen LogP contribution in [0.1, 0.15) is 46.6 Å². The number of carbonyl (C=O) groups is 2. The number of rotatable bonds is 7. The molecule has 1 aliphatic carbocycles. The number of aryl methyl sites for hydroxylation is 1. The number of methoxy groups -OCH3 is 1. The highest BCUT2D eigenvalue weighted by molar-refractivity contribution is 6.30. The minimum atomic E-state index is -0.537. The number of carbonyl (C=O) groups excluding carboxylic acids is 2. The Kier molecular flexibility index (Phi) is 8.75. The molecule has 1 N–H and O–H groups in total. The molecule has 2 aliphatic heterocycles. The highest BCUT2D eigenvalue weighted by Crippen LogP contribution is 2.44. The van der Waals surface area contributed by atoms with Gasteiger partial charge in [0.15, 0.2) is 0 Å². The highest BCUT2D eigenvalue weighted by atomic mass is 35.5. The first-order valence-electron chi connectivity index (χ1n) is 14.4. The summed E-state index contributed by atoms with van der Waals surface area (Å²) in [5.41, 5.74) is 5.43. The van der Waals surface area contributed by atoms with E-state index in [1.807, 2.05) is 41.9 Å². The fraction of sp³-hybridized carbons (Fsp3) is 0.419. The number of nitrogens with zero attached hydrogens (tertiary/aromatic N) is 5. The van der Waals surface area contributed by atoms with Crippen molar-refractivity contribution in [1.29, 1.82) is 0 Å². The van der Waals surface area contributed by atoms with Crippen molar-refractivity contribution >= 4 is 35.3 Å². The van der Waals surface area contributed by atoms with Gasteiger partial charge < -0.3 is 29.0 Å². The molecule has 3 aliphatic rings. The van der Waals surface area contributed by atoms with Crippen molar-refractivity contribution < 1.29 is 23.8 Å². The standard InChI is InChI=1S/C31H35ClN6O5/c1-36-19-33-16-26(36)29(35-27(39)18-41-2)25-14-20-4-3-8-34-28(20)30(23-6-5-21(32)15-24(23)25)37-9-11-38(12-10-37)31(40)43-22-7-13-42-17-22/h3-6,8,14-16,19,22,29-30H,7,9-13,17-18H2,1-2H3,(H,35,39)/t22-,29-,30+/m1/s1. The van der Waals surface area contributed by atoms with Crippen molar-refractivity contribution in [1.82, 2.24) is 29.7 Å². The number of pyridine rings is 1. The van der Waals surface area contributed by atoms with Crippen LogP contribution in [0.5, 0.6) is 0 Å². The molecule has 3 aromatic rings. The Hall–Kier alpha value is -3.77. The number of ether oxygens (including phenoxy) is 3. The quantitative estimate of drug-likeness (QED) is 0.435. The summed E-state index contributed by atoms with van der Waals surface area (Å²) >= 11 is 6.63. The van der Waals surface area contributed by atoms with Crippen molar-refractivity contribution in [2.24, 2.45) is 7.05 Å². The van der Waals surface area contributed by atoms with Gasteiger partial charge in [-0.15, -0.1) is 0 Å². The van der Waals surface area contributed by atoms with Crippen LogP contribution in [-0.4, -0.2) is 95.5 Å². The first kappa shape index (κ1) is 29.3. The molecule has 3 atom stereocenters. The van der Waals surface area contributed by atoms with Gasteiger partial charge in [0.05, 0.1) is 49.2 Å². The summed E-state index contributed by atoms with van der Waals surface area (Å²) in [6.45, 7) is 3.31. The average molecular weight is 607 g/mol. The molecule has 2 aromatic heterocycles. The molecular formula is C31H35ClN6O5. The molecule has 0 unspecified atom stereocenters. The van der Waals surface area contributed by atoms with Crippen molar-refractivity contribution in [3.63, 3.8) is 0 Å². The second kappa shape index (κ2) is 12.8. The number of hydrogen-bond acceptors (Lipinski definition) is 8. The van der Waals surface area contributed by atoms with E-state index in [9.17, 15) is 9.59 Å². The van der Waals surface area contributed by atoms with E-state index < -0.39 is 6.04 Å². The first-order chi connectivity index (χ1) is 20.9. The fourth-order valence-corrected chi connectivity index (χ4v) is 6.25. The van der Waals surface area contributed by atoms with Gasteiger partial charge in [-0.1, -0.05) is 23.7 Å². The van der Waals surface area contributed by atoms with E-state index in [4.69, 9.17) is 30.8 Å². The second-order valence-corrected chi connectivity index (χ2v) is 11.4. The van der Waals surface area contributed by atoms with E-state index in [0.29, 0.717) is 44.4 Å². The number of halogens is 1. The van der Waals surface area contributed by atoms with E-state index in [1.165, 1.54) is 7.11 Å². The molecule has 2 amide bonds. The summed E-state index contributed by atoms with van der Waals surface area (Å²) in [7, 11) is 3.39. The lowest BCUT2D eigenvalue weighted by Crippen LogP contribution is -2.50. The summed E-state index contributed by atoms with van der Waals surface area (Å²) in [6.07, 6.45) is 7.61. The van der Waals surface area contributed by atoms with Gasteiger partial charge in [-0.25, -0.2) is 9.78 Å². The maximum absolute atomic E-state index is 12.9. The van der Waals surface area contributed by atoms with Crippen LogP contribution in [-0.2, 0) is 26.1 Å². The minimum Gasteiger partial charge on any atom is -0.444 e. The van der Waals surface area contributed by atoms with Gasteiger partial charge in [-0.3, -0.25) is 14.7 Å². The Morgan fingerprint density at radius 1 is 1.21 bits per heavy atom. The number of aromatic nitrogens is 3. The molecule has 2 saturated heterocycles. The third kappa shape index (κ3) is 6.16. The zero-order chi connectivity index (χ0) is 29.9. The molecule has 4 heterocycles. The smallest absolute Gasteiger partial charge is 0.410 e. The fourth-order valence-electron chi connectivity index (χ4n) is 6.07. The summed E-state index contributed by atoms with van der Waals surface area (Å²) < 4.78 is 18.1. The van der Waals surface area contributed by atoms with E-state index in [0.717, 1.165) is 40.1 Å². The molecule has 0 spiro atoms. The van der Waals surface area contributed by atoms with Crippen molar-refractivity contribution in [3.05, 3.63) is 82.2 Å². The minimum absolute atomic E-state index is 0.0781. The van der Waals surface area contributed by atoms with Gasteiger partial charge >= 0.3 is 6.09 Å². The first-order valence-corrected chi connectivity index (χ1v) is 14.8. The van der Waals surface area contributed by atoms with E-state index in [2.05, 4.69) is 21.3 Å². The molecule has 6 rings (SSSR count). The van der Waals surface area contributed by atoms with Crippen molar-refractivity contribution in [2.45, 2.75) is 24.6 Å². The summed E-state index contributed by atoms with van der Waals surface area (Å²) in [5.74, 6) is -0.252. The van der Waals surface area contributed by atoms with Crippen LogP contribution < -0.4 is 5.32 Å². The molecule has 226 valence electrons. The molecule has 0 bridgehead atoms. The Bertz CT molecular complexity index is 1510. The van der Waals surface area contributed by atoms with Crippen LogP contribution >= 0.6 is 11.6 Å². The number of fused-ring (bicyclic) bond motifs is 2. The molecule has 0 radical (unpaired) electrons. The molecule has 2 fully saturated rings. The summed E-state index contributed by atoms with van der Waals surface area (Å²) in [6, 6.07) is 9.08. The molecule has 0 saturated carbocycles. The molecule has 11 nitrogen and oxygen atoms in total. The molecule has 1 aromatic carbocycles. The normalized spacial score (nSPS) is 20.9. The van der Waals surface area contributed by atoms with Gasteiger partial charge in [-0.05, 0) is 46.5 Å². The van der Waals surface area contributed by atoms with E-state index in [-0.39, 0.29) is 30.8 Å².